The molecule has 9 heavy (non-hydrogen) atoms. The zero-order valence-electron chi connectivity index (χ0n) is 6.43. The first kappa shape index (κ1) is 5.76. The van der Waals surface area contributed by atoms with Crippen molar-refractivity contribution in [2.75, 3.05) is 0 Å². The number of hydrogen-bond acceptors (Lipinski definition) is 0. The van der Waals surface area contributed by atoms with Crippen molar-refractivity contribution >= 4 is 0 Å². The summed E-state index contributed by atoms with van der Waals surface area (Å²) in [6.45, 7) is 4.88. The third-order valence-corrected chi connectivity index (χ3v) is 3.83. The molecule has 52 valence electrons. The van der Waals surface area contributed by atoms with E-state index in [9.17, 15) is 0 Å². The van der Waals surface area contributed by atoms with Crippen molar-refractivity contribution in [1.82, 2.24) is 0 Å². The van der Waals surface area contributed by atoms with E-state index >= 15 is 0 Å². The van der Waals surface area contributed by atoms with Gasteiger partial charge in [0, 0.05) is 0 Å². The molecule has 4 unspecified atom stereocenters. The molecule has 0 radical (unpaired) electrons. The Balaban J connectivity index is 2.15. The predicted molar refractivity (Wildman–Crippen MR) is 39.2 cm³/mol. The molecule has 0 saturated heterocycles. The van der Waals surface area contributed by atoms with Gasteiger partial charge in [-0.3, -0.25) is 0 Å². The molecule has 0 amide bonds. The molecular formula is C9H16. The first-order valence-corrected chi connectivity index (χ1v) is 4.29. The maximum atomic E-state index is 2.44. The Hall–Kier alpha value is 0. The van der Waals surface area contributed by atoms with Crippen molar-refractivity contribution in [3.8, 4) is 0 Å². The van der Waals surface area contributed by atoms with E-state index in [1.807, 2.05) is 0 Å². The van der Waals surface area contributed by atoms with Gasteiger partial charge in [0.15, 0.2) is 0 Å². The zero-order valence-corrected chi connectivity index (χ0v) is 6.43. The van der Waals surface area contributed by atoms with E-state index < -0.39 is 0 Å². The monoisotopic (exact) mass is 124 g/mol. The summed E-state index contributed by atoms with van der Waals surface area (Å²) in [5, 5.41) is 0. The molecule has 2 fully saturated rings. The van der Waals surface area contributed by atoms with Gasteiger partial charge in [-0.1, -0.05) is 13.8 Å². The van der Waals surface area contributed by atoms with Gasteiger partial charge < -0.3 is 0 Å². The molecule has 0 spiro atoms. The van der Waals surface area contributed by atoms with Crippen molar-refractivity contribution in [2.24, 2.45) is 23.7 Å². The van der Waals surface area contributed by atoms with Gasteiger partial charge in [0.05, 0.1) is 0 Å². The third kappa shape index (κ3) is 0.653. The molecule has 4 atom stereocenters. The van der Waals surface area contributed by atoms with Crippen LogP contribution in [0.3, 0.4) is 0 Å². The standard InChI is InChI=1S/C9H16/c1-6-7(2)9-4-3-8(6)5-9/h6-9H,3-5H2,1-2H3. The maximum absolute atomic E-state index is 2.44. The van der Waals surface area contributed by atoms with Crippen molar-refractivity contribution in [2.45, 2.75) is 33.1 Å². The Labute approximate surface area is 57.6 Å². The topological polar surface area (TPSA) is 0 Å². The Morgan fingerprint density at radius 3 is 1.56 bits per heavy atom. The van der Waals surface area contributed by atoms with Gasteiger partial charge in [0.2, 0.25) is 0 Å². The molecule has 2 aliphatic rings. The zero-order chi connectivity index (χ0) is 6.43. The Morgan fingerprint density at radius 2 is 1.33 bits per heavy atom. The summed E-state index contributed by atoms with van der Waals surface area (Å²) >= 11 is 0. The van der Waals surface area contributed by atoms with Crippen LogP contribution < -0.4 is 0 Å². The van der Waals surface area contributed by atoms with Gasteiger partial charge in [-0.05, 0) is 42.9 Å². The van der Waals surface area contributed by atoms with E-state index in [0.29, 0.717) is 0 Å². The Bertz CT molecular complexity index is 99.2. The lowest BCUT2D eigenvalue weighted by atomic mass is 9.82. The van der Waals surface area contributed by atoms with Crippen LogP contribution in [-0.2, 0) is 0 Å². The highest BCUT2D eigenvalue weighted by Crippen LogP contribution is 2.51. The molecule has 0 aromatic rings. The van der Waals surface area contributed by atoms with Crippen LogP contribution >= 0.6 is 0 Å². The Kier molecular flexibility index (Phi) is 1.12. The quantitative estimate of drug-likeness (QED) is 0.465. The van der Waals surface area contributed by atoms with Gasteiger partial charge in [-0.25, -0.2) is 0 Å². The summed E-state index contributed by atoms with van der Waals surface area (Å²) in [4.78, 5) is 0. The predicted octanol–water partition coefficient (Wildman–Crippen LogP) is 2.69. The molecule has 0 nitrogen and oxygen atoms in total. The number of fused-ring (bicyclic) bond motifs is 2. The van der Waals surface area contributed by atoms with Crippen LogP contribution in [0.25, 0.3) is 0 Å². The summed E-state index contributed by atoms with van der Waals surface area (Å²) in [6, 6.07) is 0. The fraction of sp³-hybridized carbons (Fsp3) is 1.00. The van der Waals surface area contributed by atoms with Gasteiger partial charge in [0.25, 0.3) is 0 Å². The van der Waals surface area contributed by atoms with E-state index in [4.69, 9.17) is 0 Å². The van der Waals surface area contributed by atoms with Gasteiger partial charge in [-0.2, -0.15) is 0 Å². The highest BCUT2D eigenvalue weighted by molar-refractivity contribution is 4.92. The normalized spacial score (nSPS) is 56.7. The molecule has 0 heterocycles. The molecule has 2 saturated carbocycles. The van der Waals surface area contributed by atoms with Crippen LogP contribution in [0.15, 0.2) is 0 Å². The summed E-state index contributed by atoms with van der Waals surface area (Å²) in [5.41, 5.74) is 0. The lowest BCUT2D eigenvalue weighted by Crippen LogP contribution is -2.15. The maximum Gasteiger partial charge on any atom is -0.0383 e. The molecule has 0 N–H and O–H groups in total. The van der Waals surface area contributed by atoms with E-state index in [2.05, 4.69) is 13.8 Å². The third-order valence-electron chi connectivity index (χ3n) is 3.83. The summed E-state index contributed by atoms with van der Waals surface area (Å²) < 4.78 is 0. The molecule has 2 aliphatic carbocycles. The minimum absolute atomic E-state index is 1.05. The average Bonchev–Trinajstić information content (AvgIpc) is 2.37. The Morgan fingerprint density at radius 1 is 0.889 bits per heavy atom. The van der Waals surface area contributed by atoms with Crippen LogP contribution in [0.5, 0.6) is 0 Å². The molecule has 0 aromatic carbocycles. The van der Waals surface area contributed by atoms with E-state index in [1.165, 1.54) is 12.8 Å². The van der Waals surface area contributed by atoms with Crippen molar-refractivity contribution in [1.29, 1.82) is 0 Å². The lowest BCUT2D eigenvalue weighted by Gasteiger charge is -2.24. The fourth-order valence-electron chi connectivity index (χ4n) is 2.87. The molecular weight excluding hydrogens is 108 g/mol. The van der Waals surface area contributed by atoms with Crippen LogP contribution in [0.1, 0.15) is 33.1 Å². The highest BCUT2D eigenvalue weighted by Gasteiger charge is 2.42. The van der Waals surface area contributed by atoms with Gasteiger partial charge >= 0.3 is 0 Å². The van der Waals surface area contributed by atoms with Crippen LogP contribution in [0, 0.1) is 23.7 Å². The molecule has 0 heteroatoms. The SMILES string of the molecule is CC1C2CCC(C2)C1C. The van der Waals surface area contributed by atoms with Crippen LogP contribution in [0.2, 0.25) is 0 Å². The van der Waals surface area contributed by atoms with Crippen LogP contribution in [-0.4, -0.2) is 0 Å². The largest absolute Gasteiger partial charge is 0.0620 e. The molecule has 2 rings (SSSR count). The smallest absolute Gasteiger partial charge is 0.0383 e. The first-order chi connectivity index (χ1) is 4.29. The second-order valence-electron chi connectivity index (χ2n) is 4.05. The minimum atomic E-state index is 1.05. The van der Waals surface area contributed by atoms with Crippen molar-refractivity contribution in [3.05, 3.63) is 0 Å². The van der Waals surface area contributed by atoms with Crippen LogP contribution in [0.4, 0.5) is 0 Å². The lowest BCUT2D eigenvalue weighted by molar-refractivity contribution is 0.259. The molecule has 2 bridgehead atoms. The first-order valence-electron chi connectivity index (χ1n) is 4.29. The fourth-order valence-corrected chi connectivity index (χ4v) is 2.87. The summed E-state index contributed by atoms with van der Waals surface area (Å²) in [6.07, 6.45) is 4.63. The molecule has 0 aromatic heterocycles. The van der Waals surface area contributed by atoms with Crippen molar-refractivity contribution in [3.63, 3.8) is 0 Å². The number of rotatable bonds is 0. The molecule has 0 aliphatic heterocycles. The van der Waals surface area contributed by atoms with E-state index in [1.54, 1.807) is 6.42 Å². The minimum Gasteiger partial charge on any atom is -0.0620 e. The van der Waals surface area contributed by atoms with Gasteiger partial charge in [0.1, 0.15) is 0 Å². The second-order valence-corrected chi connectivity index (χ2v) is 4.05. The highest BCUT2D eigenvalue weighted by atomic mass is 14.5. The summed E-state index contributed by atoms with van der Waals surface area (Å²) in [5.74, 6) is 4.32. The van der Waals surface area contributed by atoms with Crippen molar-refractivity contribution < 1.29 is 0 Å². The second kappa shape index (κ2) is 1.74. The van der Waals surface area contributed by atoms with E-state index in [-0.39, 0.29) is 0 Å². The average molecular weight is 124 g/mol. The van der Waals surface area contributed by atoms with E-state index in [0.717, 1.165) is 23.7 Å². The summed E-state index contributed by atoms with van der Waals surface area (Å²) in [7, 11) is 0. The van der Waals surface area contributed by atoms with Gasteiger partial charge in [-0.15, -0.1) is 0 Å². The number of hydrogen-bond donors (Lipinski definition) is 0.